The number of aryl methyl sites for hydroxylation is 1. The molecule has 0 saturated carbocycles. The molecule has 8 nitrogen and oxygen atoms in total. The lowest BCUT2D eigenvalue weighted by Gasteiger charge is -2.22. The van der Waals surface area contributed by atoms with E-state index in [0.29, 0.717) is 5.75 Å². The van der Waals surface area contributed by atoms with Crippen molar-refractivity contribution in [3.63, 3.8) is 0 Å². The van der Waals surface area contributed by atoms with Crippen molar-refractivity contribution in [1.82, 2.24) is 19.9 Å². The van der Waals surface area contributed by atoms with Crippen LogP contribution in [0.25, 0.3) is 0 Å². The van der Waals surface area contributed by atoms with E-state index in [1.165, 1.54) is 11.9 Å². The predicted molar refractivity (Wildman–Crippen MR) is 129 cm³/mol. The van der Waals surface area contributed by atoms with Gasteiger partial charge in [0.15, 0.2) is 12.4 Å². The summed E-state index contributed by atoms with van der Waals surface area (Å²) < 4.78 is 7.42. The van der Waals surface area contributed by atoms with Crippen LogP contribution in [0, 0.1) is 6.92 Å². The minimum Gasteiger partial charge on any atom is -0.484 e. The Morgan fingerprint density at radius 2 is 1.88 bits per heavy atom. The summed E-state index contributed by atoms with van der Waals surface area (Å²) in [6.07, 6.45) is 3.67. The number of nitrogens with one attached hydrogen (secondary N) is 2. The number of rotatable bonds is 14. The fraction of sp³-hybridized carbons (Fsp3) is 0.417. The summed E-state index contributed by atoms with van der Waals surface area (Å²) in [5.74, 6) is -0.341. The number of ether oxygens (including phenoxy) is 1. The minimum absolute atomic E-state index is 0.114. The number of carbonyl (C=O) groups is 3. The molecule has 1 aromatic heterocycles. The molecule has 2 aromatic rings. The second-order valence-corrected chi connectivity index (χ2v) is 8.68. The largest absolute Gasteiger partial charge is 0.484 e. The van der Waals surface area contributed by atoms with Gasteiger partial charge in [-0.1, -0.05) is 37.6 Å². The van der Waals surface area contributed by atoms with Gasteiger partial charge in [0.05, 0.1) is 19.1 Å². The van der Waals surface area contributed by atoms with Gasteiger partial charge in [0.25, 0.3) is 5.91 Å². The Bertz CT molecular complexity index is 910. The number of pyridine rings is 1. The molecule has 2 rings (SSSR count). The van der Waals surface area contributed by atoms with Gasteiger partial charge in [-0.3, -0.25) is 14.4 Å². The lowest BCUT2D eigenvalue weighted by molar-refractivity contribution is -0.129. The van der Waals surface area contributed by atoms with Crippen molar-refractivity contribution in [2.75, 3.05) is 26.2 Å². The Balaban J connectivity index is 1.75. The molecule has 0 fully saturated rings. The number of hydrogen-bond donors (Lipinski definition) is 2. The summed E-state index contributed by atoms with van der Waals surface area (Å²) in [5.41, 5.74) is 0.921. The number of amides is 2. The van der Waals surface area contributed by atoms with E-state index < -0.39 is 17.9 Å². The molecule has 0 aliphatic carbocycles. The molecular formula is C24H32N4O4S. The number of para-hydroxylation sites is 1. The first-order valence-corrected chi connectivity index (χ1v) is 11.8. The van der Waals surface area contributed by atoms with Gasteiger partial charge in [0.1, 0.15) is 10.8 Å². The average Bonchev–Trinajstić information content (AvgIpc) is 2.81. The van der Waals surface area contributed by atoms with Crippen LogP contribution in [0.4, 0.5) is 0 Å². The fourth-order valence-electron chi connectivity index (χ4n) is 2.80. The first-order chi connectivity index (χ1) is 15.9. The smallest absolute Gasteiger partial charge is 0.258 e. The van der Waals surface area contributed by atoms with Crippen LogP contribution >= 0.6 is 11.9 Å². The number of carbonyl (C=O) groups excluding carboxylic acids is 3. The third-order valence-electron chi connectivity index (χ3n) is 4.71. The van der Waals surface area contributed by atoms with Crippen LogP contribution in [-0.2, 0) is 14.4 Å². The molecule has 0 bridgehead atoms. The van der Waals surface area contributed by atoms with E-state index in [0.717, 1.165) is 30.0 Å². The Kier molecular flexibility index (Phi) is 11.4. The van der Waals surface area contributed by atoms with Crippen molar-refractivity contribution >= 4 is 29.5 Å². The minimum atomic E-state index is -0.675. The molecule has 0 aliphatic heterocycles. The molecule has 178 valence electrons. The highest BCUT2D eigenvalue weighted by Gasteiger charge is 2.20. The van der Waals surface area contributed by atoms with E-state index in [2.05, 4.69) is 22.5 Å². The topological polar surface area (TPSA) is 101 Å². The summed E-state index contributed by atoms with van der Waals surface area (Å²) in [4.78, 5) is 41.1. The Morgan fingerprint density at radius 1 is 1.12 bits per heavy atom. The van der Waals surface area contributed by atoms with E-state index in [1.54, 1.807) is 19.2 Å². The van der Waals surface area contributed by atoms with Crippen LogP contribution in [0.15, 0.2) is 53.7 Å². The highest BCUT2D eigenvalue weighted by molar-refractivity contribution is 7.97. The number of Topliss-reactive ketones (excluding diaryl/α,β-unsaturated/α-hetero) is 1. The van der Waals surface area contributed by atoms with Crippen LogP contribution in [0.3, 0.4) is 0 Å². The van der Waals surface area contributed by atoms with E-state index in [9.17, 15) is 14.4 Å². The average molecular weight is 473 g/mol. The summed E-state index contributed by atoms with van der Waals surface area (Å²) >= 11 is 1.43. The summed E-state index contributed by atoms with van der Waals surface area (Å²) in [6, 6.07) is 12.3. The van der Waals surface area contributed by atoms with E-state index >= 15 is 0 Å². The van der Waals surface area contributed by atoms with Gasteiger partial charge in [-0.2, -0.15) is 0 Å². The number of ketones is 1. The Labute approximate surface area is 199 Å². The maximum atomic E-state index is 12.7. The molecule has 1 unspecified atom stereocenters. The van der Waals surface area contributed by atoms with Gasteiger partial charge in [-0.15, -0.1) is 0 Å². The third kappa shape index (κ3) is 10.0. The van der Waals surface area contributed by atoms with Gasteiger partial charge >= 0.3 is 0 Å². The fourth-order valence-corrected chi connectivity index (χ4v) is 3.72. The molecule has 2 amide bonds. The molecular weight excluding hydrogens is 440 g/mol. The SMILES string of the molecule is CCCCN(CC(=O)C(C)NC(=O)CNC(=O)COc1ccccc1C)Sc1ccccn1. The van der Waals surface area contributed by atoms with Gasteiger partial charge in [-0.05, 0) is 56.0 Å². The quantitative estimate of drug-likeness (QED) is 0.408. The normalized spacial score (nSPS) is 11.6. The second-order valence-electron chi connectivity index (χ2n) is 7.56. The molecule has 33 heavy (non-hydrogen) atoms. The van der Waals surface area contributed by atoms with E-state index in [4.69, 9.17) is 4.74 Å². The summed E-state index contributed by atoms with van der Waals surface area (Å²) in [5, 5.41) is 5.97. The van der Waals surface area contributed by atoms with Crippen LogP contribution in [0.1, 0.15) is 32.3 Å². The first-order valence-electron chi connectivity index (χ1n) is 11.0. The molecule has 0 saturated heterocycles. The molecule has 0 aliphatic rings. The van der Waals surface area contributed by atoms with Crippen molar-refractivity contribution in [2.45, 2.75) is 44.7 Å². The van der Waals surface area contributed by atoms with Crippen LogP contribution < -0.4 is 15.4 Å². The predicted octanol–water partition coefficient (Wildman–Crippen LogP) is 2.77. The van der Waals surface area contributed by atoms with Crippen LogP contribution in [0.2, 0.25) is 0 Å². The van der Waals surface area contributed by atoms with Crippen LogP contribution in [0.5, 0.6) is 5.75 Å². The summed E-state index contributed by atoms with van der Waals surface area (Å²) in [7, 11) is 0. The van der Waals surface area contributed by atoms with Gasteiger partial charge in [0, 0.05) is 12.7 Å². The van der Waals surface area contributed by atoms with E-state index in [-0.39, 0.29) is 25.5 Å². The van der Waals surface area contributed by atoms with Crippen molar-refractivity contribution < 1.29 is 19.1 Å². The third-order valence-corrected chi connectivity index (χ3v) is 5.71. The molecule has 9 heteroatoms. The molecule has 0 radical (unpaired) electrons. The lowest BCUT2D eigenvalue weighted by atomic mass is 10.2. The number of unbranched alkanes of at least 4 members (excludes halogenated alkanes) is 1. The Hall–Kier alpha value is -2.91. The molecule has 1 heterocycles. The molecule has 1 atom stereocenters. The standard InChI is InChI=1S/C24H32N4O4S/c1-4-5-14-28(33-24-12-8-9-13-25-24)16-20(29)19(3)27-22(30)15-26-23(31)17-32-21-11-7-6-10-18(21)2/h6-13,19H,4-5,14-17H2,1-3H3,(H,26,31)(H,27,30). The zero-order valence-electron chi connectivity index (χ0n) is 19.4. The van der Waals surface area contributed by atoms with Crippen LogP contribution in [-0.4, -0.2) is 59.2 Å². The number of benzene rings is 1. The molecule has 2 N–H and O–H groups in total. The van der Waals surface area contributed by atoms with Crippen molar-refractivity contribution in [1.29, 1.82) is 0 Å². The monoisotopic (exact) mass is 472 g/mol. The lowest BCUT2D eigenvalue weighted by Crippen LogP contribution is -2.46. The summed E-state index contributed by atoms with van der Waals surface area (Å²) in [6.45, 7) is 6.12. The highest BCUT2D eigenvalue weighted by Crippen LogP contribution is 2.20. The first kappa shape index (κ1) is 26.3. The van der Waals surface area contributed by atoms with Gasteiger partial charge in [-0.25, -0.2) is 9.29 Å². The zero-order valence-corrected chi connectivity index (χ0v) is 20.2. The second kappa shape index (κ2) is 14.3. The Morgan fingerprint density at radius 3 is 2.58 bits per heavy atom. The maximum Gasteiger partial charge on any atom is 0.258 e. The van der Waals surface area contributed by atoms with Gasteiger partial charge < -0.3 is 15.4 Å². The maximum absolute atomic E-state index is 12.7. The van der Waals surface area contributed by atoms with Crippen molar-refractivity contribution in [3.8, 4) is 5.75 Å². The molecule has 1 aromatic carbocycles. The number of aromatic nitrogens is 1. The zero-order chi connectivity index (χ0) is 24.1. The van der Waals surface area contributed by atoms with Crippen molar-refractivity contribution in [2.24, 2.45) is 0 Å². The van der Waals surface area contributed by atoms with Crippen molar-refractivity contribution in [3.05, 3.63) is 54.2 Å². The highest BCUT2D eigenvalue weighted by atomic mass is 32.2. The number of nitrogens with zero attached hydrogens (tertiary/aromatic N) is 2. The van der Waals surface area contributed by atoms with Gasteiger partial charge in [0.2, 0.25) is 5.91 Å². The van der Waals surface area contributed by atoms with E-state index in [1.807, 2.05) is 47.6 Å². The number of hydrogen-bond acceptors (Lipinski definition) is 7. The molecule has 0 spiro atoms.